The third-order valence-electron chi connectivity index (χ3n) is 1.59. The molecule has 0 aliphatic heterocycles. The molecule has 5 nitrogen and oxygen atoms in total. The molecular weight excluding hydrogens is 220 g/mol. The van der Waals surface area contributed by atoms with Gasteiger partial charge in [0.05, 0.1) is 10.5 Å². The Morgan fingerprint density at radius 3 is 2.73 bits per heavy atom. The smallest absolute Gasteiger partial charge is 0.294 e. The fourth-order valence-electron chi connectivity index (χ4n) is 0.965. The topological polar surface area (TPSA) is 86.2 Å². The Morgan fingerprint density at radius 2 is 2.20 bits per heavy atom. The molecular formula is C9H5ClN2O3. The van der Waals surface area contributed by atoms with E-state index < -0.39 is 4.92 Å². The third kappa shape index (κ3) is 2.45. The van der Waals surface area contributed by atoms with E-state index in [1.54, 1.807) is 0 Å². The Balaban J connectivity index is 3.40. The molecule has 6 heteroatoms. The van der Waals surface area contributed by atoms with Gasteiger partial charge in [0.25, 0.3) is 5.69 Å². The van der Waals surface area contributed by atoms with Crippen LogP contribution >= 0.6 is 11.6 Å². The minimum atomic E-state index is -0.659. The number of hydrogen-bond donors (Lipinski definition) is 1. The molecule has 0 amide bonds. The molecule has 0 radical (unpaired) electrons. The minimum absolute atomic E-state index is 0.0984. The highest BCUT2D eigenvalue weighted by molar-refractivity contribution is 6.31. The zero-order chi connectivity index (χ0) is 11.4. The third-order valence-corrected chi connectivity index (χ3v) is 1.80. The summed E-state index contributed by atoms with van der Waals surface area (Å²) in [5.74, 6) is 4.47. The number of aldehydes is 1. The highest BCUT2D eigenvalue weighted by Gasteiger charge is 2.15. The Bertz CT molecular complexity index is 488. The molecule has 0 saturated heterocycles. The number of nitro benzene ring substituents is 1. The van der Waals surface area contributed by atoms with Gasteiger partial charge in [0.1, 0.15) is 5.69 Å². The molecule has 0 fully saturated rings. The number of nitrogens with two attached hydrogens (primary N) is 1. The van der Waals surface area contributed by atoms with Gasteiger partial charge in [-0.1, -0.05) is 17.5 Å². The van der Waals surface area contributed by atoms with Crippen molar-refractivity contribution >= 4 is 29.3 Å². The SMILES string of the molecule is Nc1c(C#CC=O)cc(Cl)cc1[N+](=O)[O-]. The predicted molar refractivity (Wildman–Crippen MR) is 55.5 cm³/mol. The number of anilines is 1. The molecule has 76 valence electrons. The number of benzene rings is 1. The van der Waals surface area contributed by atoms with Crippen molar-refractivity contribution in [1.82, 2.24) is 0 Å². The zero-order valence-corrected chi connectivity index (χ0v) is 8.12. The molecule has 0 aliphatic rings. The van der Waals surface area contributed by atoms with E-state index >= 15 is 0 Å². The lowest BCUT2D eigenvalue weighted by Crippen LogP contribution is -1.98. The molecule has 0 bridgehead atoms. The van der Waals surface area contributed by atoms with E-state index in [4.69, 9.17) is 17.3 Å². The summed E-state index contributed by atoms with van der Waals surface area (Å²) in [4.78, 5) is 19.9. The van der Waals surface area contributed by atoms with E-state index in [1.807, 2.05) is 0 Å². The molecule has 0 saturated carbocycles. The van der Waals surface area contributed by atoms with Crippen LogP contribution in [0.5, 0.6) is 0 Å². The number of rotatable bonds is 1. The summed E-state index contributed by atoms with van der Waals surface area (Å²) in [6.45, 7) is 0. The van der Waals surface area contributed by atoms with E-state index in [0.717, 1.165) is 6.07 Å². The number of hydrogen-bond acceptors (Lipinski definition) is 4. The van der Waals surface area contributed by atoms with E-state index in [1.165, 1.54) is 6.07 Å². The molecule has 0 aromatic heterocycles. The molecule has 0 unspecified atom stereocenters. The van der Waals surface area contributed by atoms with Gasteiger partial charge in [-0.05, 0) is 12.0 Å². The summed E-state index contributed by atoms with van der Waals surface area (Å²) in [6.07, 6.45) is 0.367. The van der Waals surface area contributed by atoms with E-state index in [0.29, 0.717) is 6.29 Å². The maximum Gasteiger partial charge on any atom is 0.294 e. The van der Waals surface area contributed by atoms with Crippen molar-refractivity contribution in [2.45, 2.75) is 0 Å². The van der Waals surface area contributed by atoms with Gasteiger partial charge in [0.2, 0.25) is 0 Å². The largest absolute Gasteiger partial charge is 0.392 e. The number of halogens is 1. The summed E-state index contributed by atoms with van der Waals surface area (Å²) in [7, 11) is 0. The molecule has 2 N–H and O–H groups in total. The van der Waals surface area contributed by atoms with E-state index in [9.17, 15) is 14.9 Å². The van der Waals surface area contributed by atoms with Gasteiger partial charge >= 0.3 is 0 Å². The molecule has 0 atom stereocenters. The van der Waals surface area contributed by atoms with Crippen LogP contribution in [0.3, 0.4) is 0 Å². The normalized spacial score (nSPS) is 8.87. The number of carbonyl (C=O) groups is 1. The van der Waals surface area contributed by atoms with Crippen molar-refractivity contribution in [1.29, 1.82) is 0 Å². The van der Waals surface area contributed by atoms with Crippen LogP contribution in [0.25, 0.3) is 0 Å². The zero-order valence-electron chi connectivity index (χ0n) is 7.36. The maximum atomic E-state index is 10.5. The first-order valence-electron chi connectivity index (χ1n) is 3.75. The quantitative estimate of drug-likeness (QED) is 0.257. The summed E-state index contributed by atoms with van der Waals surface area (Å²) < 4.78 is 0. The van der Waals surface area contributed by atoms with Crippen LogP contribution in [-0.4, -0.2) is 11.2 Å². The van der Waals surface area contributed by atoms with Crippen molar-refractivity contribution in [2.75, 3.05) is 5.73 Å². The first-order chi connectivity index (χ1) is 7.06. The van der Waals surface area contributed by atoms with Gasteiger partial charge < -0.3 is 5.73 Å². The molecule has 0 aliphatic carbocycles. The Labute approximate surface area is 90.0 Å². The number of carbonyl (C=O) groups excluding carboxylic acids is 1. The molecule has 0 spiro atoms. The summed E-state index contributed by atoms with van der Waals surface area (Å²) in [5, 5.41) is 10.7. The average Bonchev–Trinajstić information content (AvgIpc) is 2.18. The lowest BCUT2D eigenvalue weighted by Gasteiger charge is -2.00. The summed E-state index contributed by atoms with van der Waals surface area (Å²) in [6, 6.07) is 2.49. The van der Waals surface area contributed by atoms with Crippen LogP contribution in [-0.2, 0) is 4.79 Å². The molecule has 0 heterocycles. The van der Waals surface area contributed by atoms with Gasteiger partial charge in [-0.25, -0.2) is 0 Å². The first-order valence-corrected chi connectivity index (χ1v) is 4.12. The van der Waals surface area contributed by atoms with Gasteiger partial charge in [0, 0.05) is 11.1 Å². The van der Waals surface area contributed by atoms with Gasteiger partial charge in [-0.15, -0.1) is 0 Å². The summed E-state index contributed by atoms with van der Waals surface area (Å²) >= 11 is 5.63. The van der Waals surface area contributed by atoms with Crippen LogP contribution in [0.2, 0.25) is 5.02 Å². The maximum absolute atomic E-state index is 10.5. The van der Waals surface area contributed by atoms with Gasteiger partial charge in [-0.3, -0.25) is 14.9 Å². The Morgan fingerprint density at radius 1 is 1.53 bits per heavy atom. The van der Waals surface area contributed by atoms with Crippen LogP contribution in [0.1, 0.15) is 5.56 Å². The lowest BCUT2D eigenvalue weighted by atomic mass is 10.1. The monoisotopic (exact) mass is 224 g/mol. The van der Waals surface area contributed by atoms with Crippen molar-refractivity contribution in [3.8, 4) is 11.8 Å². The van der Waals surface area contributed by atoms with Crippen LogP contribution in [0, 0.1) is 22.0 Å². The van der Waals surface area contributed by atoms with E-state index in [2.05, 4.69) is 11.8 Å². The minimum Gasteiger partial charge on any atom is -0.392 e. The predicted octanol–water partition coefficient (Wildman–Crippen LogP) is 1.38. The second-order valence-corrected chi connectivity index (χ2v) is 2.97. The first kappa shape index (κ1) is 11.0. The van der Waals surface area contributed by atoms with Crippen LogP contribution in [0.4, 0.5) is 11.4 Å². The van der Waals surface area contributed by atoms with E-state index in [-0.39, 0.29) is 22.0 Å². The molecule has 1 rings (SSSR count). The van der Waals surface area contributed by atoms with Crippen LogP contribution < -0.4 is 5.73 Å². The fraction of sp³-hybridized carbons (Fsp3) is 0. The van der Waals surface area contributed by atoms with Crippen molar-refractivity contribution < 1.29 is 9.72 Å². The van der Waals surface area contributed by atoms with Crippen molar-refractivity contribution in [2.24, 2.45) is 0 Å². The summed E-state index contributed by atoms with van der Waals surface area (Å²) in [5.41, 5.74) is 5.22. The van der Waals surface area contributed by atoms with Crippen molar-refractivity contribution in [3.63, 3.8) is 0 Å². The molecule has 1 aromatic rings. The fourth-order valence-corrected chi connectivity index (χ4v) is 1.18. The van der Waals surface area contributed by atoms with Gasteiger partial charge in [0.15, 0.2) is 6.29 Å². The number of nitro groups is 1. The number of nitrogens with zero attached hydrogens (tertiary/aromatic N) is 1. The lowest BCUT2D eigenvalue weighted by molar-refractivity contribution is -0.383. The Hall–Kier alpha value is -2.06. The highest BCUT2D eigenvalue weighted by Crippen LogP contribution is 2.28. The standard InChI is InChI=1S/C9H5ClN2O3/c10-7-4-6(2-1-3-13)9(11)8(5-7)12(14)15/h3-5H,11H2. The van der Waals surface area contributed by atoms with Crippen molar-refractivity contribution in [3.05, 3.63) is 32.8 Å². The Kier molecular flexibility index (Phi) is 3.26. The van der Waals surface area contributed by atoms with Gasteiger partial charge in [-0.2, -0.15) is 0 Å². The second-order valence-electron chi connectivity index (χ2n) is 2.53. The second kappa shape index (κ2) is 4.44. The molecule has 15 heavy (non-hydrogen) atoms. The number of nitrogen functional groups attached to an aromatic ring is 1. The average molecular weight is 225 g/mol. The van der Waals surface area contributed by atoms with Crippen LogP contribution in [0.15, 0.2) is 12.1 Å². The molecule has 1 aromatic carbocycles. The highest BCUT2D eigenvalue weighted by atomic mass is 35.5.